The predicted octanol–water partition coefficient (Wildman–Crippen LogP) is -0.186. The monoisotopic (exact) mass is 327 g/mol. The number of nitrogens with zero attached hydrogens (tertiary/aromatic N) is 1. The average Bonchev–Trinajstić information content (AvgIpc) is 2.70. The van der Waals surface area contributed by atoms with Gasteiger partial charge in [-0.3, -0.25) is 4.79 Å². The Bertz CT molecular complexity index is 416. The average molecular weight is 327 g/mol. The third-order valence-corrected chi connectivity index (χ3v) is 3.91. The van der Waals surface area contributed by atoms with Crippen LogP contribution in [0.2, 0.25) is 0 Å². The smallest absolute Gasteiger partial charge is 0.302 e. The van der Waals surface area contributed by atoms with Crippen LogP contribution >= 0.6 is 0 Å². The SMILES string of the molecule is COCCOCCOCCN1CC(CS(=O)(=O)F)CC1=O. The van der Waals surface area contributed by atoms with E-state index in [-0.39, 0.29) is 18.9 Å². The lowest BCUT2D eigenvalue weighted by atomic mass is 10.1. The molecule has 1 unspecified atom stereocenters. The van der Waals surface area contributed by atoms with Crippen LogP contribution in [-0.2, 0) is 29.2 Å². The lowest BCUT2D eigenvalue weighted by molar-refractivity contribution is -0.128. The third kappa shape index (κ3) is 8.30. The van der Waals surface area contributed by atoms with E-state index < -0.39 is 21.9 Å². The highest BCUT2D eigenvalue weighted by atomic mass is 32.3. The second-order valence-corrected chi connectivity index (χ2v) is 6.24. The molecule has 21 heavy (non-hydrogen) atoms. The van der Waals surface area contributed by atoms with Crippen molar-refractivity contribution >= 4 is 16.1 Å². The Morgan fingerprint density at radius 1 is 1.19 bits per heavy atom. The van der Waals surface area contributed by atoms with Crippen LogP contribution in [0.15, 0.2) is 0 Å². The molecular weight excluding hydrogens is 305 g/mol. The summed E-state index contributed by atoms with van der Waals surface area (Å²) in [6.07, 6.45) is 0.0727. The van der Waals surface area contributed by atoms with Crippen LogP contribution in [0.25, 0.3) is 0 Å². The summed E-state index contributed by atoms with van der Waals surface area (Å²) >= 11 is 0. The highest BCUT2D eigenvalue weighted by molar-refractivity contribution is 7.86. The van der Waals surface area contributed by atoms with E-state index in [0.717, 1.165) is 0 Å². The molecule has 1 aliphatic heterocycles. The van der Waals surface area contributed by atoms with Gasteiger partial charge in [0.2, 0.25) is 5.91 Å². The standard InChI is InChI=1S/C12H22FNO6S/c1-18-4-5-20-7-6-19-3-2-14-9-11(8-12(14)15)10-21(13,16)17/h11H,2-10H2,1H3. The van der Waals surface area contributed by atoms with Crippen LogP contribution in [0, 0.1) is 5.92 Å². The van der Waals surface area contributed by atoms with Gasteiger partial charge in [0.1, 0.15) is 0 Å². The Kier molecular flexibility index (Phi) is 8.09. The first-order valence-corrected chi connectivity index (χ1v) is 8.32. The van der Waals surface area contributed by atoms with Gasteiger partial charge >= 0.3 is 10.2 Å². The van der Waals surface area contributed by atoms with Crippen molar-refractivity contribution in [3.05, 3.63) is 0 Å². The van der Waals surface area contributed by atoms with Crippen molar-refractivity contribution in [3.8, 4) is 0 Å². The van der Waals surface area contributed by atoms with Crippen molar-refractivity contribution in [2.75, 3.05) is 59.0 Å². The maximum absolute atomic E-state index is 12.6. The highest BCUT2D eigenvalue weighted by Crippen LogP contribution is 2.19. The van der Waals surface area contributed by atoms with E-state index in [1.807, 2.05) is 0 Å². The quantitative estimate of drug-likeness (QED) is 0.387. The summed E-state index contributed by atoms with van der Waals surface area (Å²) in [5.74, 6) is -1.22. The second-order valence-electron chi connectivity index (χ2n) is 4.83. The zero-order chi connectivity index (χ0) is 15.7. The molecule has 1 rings (SSSR count). The molecule has 0 aromatic heterocycles. The van der Waals surface area contributed by atoms with Gasteiger partial charge in [0.25, 0.3) is 0 Å². The summed E-state index contributed by atoms with van der Waals surface area (Å²) in [6.45, 7) is 2.86. The molecule has 1 amide bonds. The van der Waals surface area contributed by atoms with E-state index in [4.69, 9.17) is 14.2 Å². The van der Waals surface area contributed by atoms with Crippen molar-refractivity contribution in [1.82, 2.24) is 4.90 Å². The van der Waals surface area contributed by atoms with E-state index in [2.05, 4.69) is 0 Å². The minimum Gasteiger partial charge on any atom is -0.382 e. The molecule has 124 valence electrons. The summed E-state index contributed by atoms with van der Waals surface area (Å²) in [5.41, 5.74) is 0. The first-order valence-electron chi connectivity index (χ1n) is 6.77. The number of hydrogen-bond acceptors (Lipinski definition) is 6. The van der Waals surface area contributed by atoms with Crippen LogP contribution in [0.5, 0.6) is 0 Å². The number of hydrogen-bond donors (Lipinski definition) is 0. The molecule has 0 spiro atoms. The predicted molar refractivity (Wildman–Crippen MR) is 73.1 cm³/mol. The van der Waals surface area contributed by atoms with Crippen LogP contribution in [0.3, 0.4) is 0 Å². The Hall–Kier alpha value is -0.770. The summed E-state index contributed by atoms with van der Waals surface area (Å²) < 4.78 is 49.0. The molecule has 1 aliphatic rings. The van der Waals surface area contributed by atoms with Crippen molar-refractivity contribution in [2.24, 2.45) is 5.92 Å². The zero-order valence-corrected chi connectivity index (χ0v) is 12.9. The number of ether oxygens (including phenoxy) is 3. The molecule has 1 atom stereocenters. The normalized spacial score (nSPS) is 19.4. The summed E-state index contributed by atoms with van der Waals surface area (Å²) in [5, 5.41) is 0. The highest BCUT2D eigenvalue weighted by Gasteiger charge is 2.32. The van der Waals surface area contributed by atoms with Crippen molar-refractivity contribution in [1.29, 1.82) is 0 Å². The van der Waals surface area contributed by atoms with Gasteiger partial charge in [-0.15, -0.1) is 3.89 Å². The van der Waals surface area contributed by atoms with E-state index >= 15 is 0 Å². The van der Waals surface area contributed by atoms with Crippen LogP contribution < -0.4 is 0 Å². The number of likely N-dealkylation sites (tertiary alicyclic amines) is 1. The van der Waals surface area contributed by atoms with Gasteiger partial charge < -0.3 is 19.1 Å². The van der Waals surface area contributed by atoms with E-state index in [9.17, 15) is 17.1 Å². The molecule has 0 saturated carbocycles. The topological polar surface area (TPSA) is 82.1 Å². The van der Waals surface area contributed by atoms with Gasteiger partial charge in [0.15, 0.2) is 0 Å². The number of carbonyl (C=O) groups is 1. The van der Waals surface area contributed by atoms with Crippen LogP contribution in [-0.4, -0.2) is 78.2 Å². The molecule has 7 nitrogen and oxygen atoms in total. The summed E-state index contributed by atoms with van der Waals surface area (Å²) in [7, 11) is -2.94. The largest absolute Gasteiger partial charge is 0.382 e. The molecule has 0 radical (unpaired) electrons. The number of carbonyl (C=O) groups excluding carboxylic acids is 1. The van der Waals surface area contributed by atoms with Gasteiger partial charge in [-0.25, -0.2) is 0 Å². The fourth-order valence-electron chi connectivity index (χ4n) is 2.10. The Morgan fingerprint density at radius 2 is 1.81 bits per heavy atom. The summed E-state index contributed by atoms with van der Waals surface area (Å²) in [6, 6.07) is 0. The molecule has 0 aliphatic carbocycles. The van der Waals surface area contributed by atoms with Gasteiger partial charge in [0.05, 0.1) is 38.8 Å². The van der Waals surface area contributed by atoms with E-state index in [0.29, 0.717) is 39.6 Å². The molecule has 0 aromatic rings. The minimum atomic E-state index is -4.53. The van der Waals surface area contributed by atoms with Gasteiger partial charge in [0, 0.05) is 32.5 Å². The fourth-order valence-corrected chi connectivity index (χ4v) is 2.89. The Labute approximate surface area is 124 Å². The summed E-state index contributed by atoms with van der Waals surface area (Å²) in [4.78, 5) is 13.1. The second kappa shape index (κ2) is 9.29. The number of halogens is 1. The van der Waals surface area contributed by atoms with Gasteiger partial charge in [-0.05, 0) is 0 Å². The van der Waals surface area contributed by atoms with Gasteiger partial charge in [-0.2, -0.15) is 8.42 Å². The molecule has 1 saturated heterocycles. The molecule has 0 bridgehead atoms. The zero-order valence-electron chi connectivity index (χ0n) is 12.1. The van der Waals surface area contributed by atoms with Crippen LogP contribution in [0.1, 0.15) is 6.42 Å². The molecule has 1 fully saturated rings. The molecule has 9 heteroatoms. The maximum Gasteiger partial charge on any atom is 0.302 e. The van der Waals surface area contributed by atoms with Crippen LogP contribution in [0.4, 0.5) is 3.89 Å². The lowest BCUT2D eigenvalue weighted by Crippen LogP contribution is -2.30. The Balaban J connectivity index is 2.09. The van der Waals surface area contributed by atoms with Crippen molar-refractivity contribution in [2.45, 2.75) is 6.42 Å². The Morgan fingerprint density at radius 3 is 2.43 bits per heavy atom. The minimum absolute atomic E-state index is 0.0727. The van der Waals surface area contributed by atoms with Crippen molar-refractivity contribution < 1.29 is 31.3 Å². The molecular formula is C12H22FNO6S. The fraction of sp³-hybridized carbons (Fsp3) is 0.917. The first kappa shape index (κ1) is 18.3. The molecule has 0 aromatic carbocycles. The number of methoxy groups -OCH3 is 1. The molecule has 0 N–H and O–H groups in total. The lowest BCUT2D eigenvalue weighted by Gasteiger charge is -2.16. The van der Waals surface area contributed by atoms with Crippen molar-refractivity contribution in [3.63, 3.8) is 0 Å². The maximum atomic E-state index is 12.6. The van der Waals surface area contributed by atoms with E-state index in [1.54, 1.807) is 7.11 Å². The molecule has 1 heterocycles. The van der Waals surface area contributed by atoms with Gasteiger partial charge in [-0.1, -0.05) is 0 Å². The van der Waals surface area contributed by atoms with E-state index in [1.165, 1.54) is 4.90 Å². The third-order valence-electron chi connectivity index (χ3n) is 3.04. The number of amides is 1. The first-order chi connectivity index (χ1) is 9.92. The number of rotatable bonds is 11.